The van der Waals surface area contributed by atoms with Gasteiger partial charge in [-0.1, -0.05) is 12.8 Å². The number of nitrogens with two attached hydrogens (primary N) is 1. The monoisotopic (exact) mass is 212 g/mol. The van der Waals surface area contributed by atoms with Crippen molar-refractivity contribution < 1.29 is 0 Å². The molecule has 2 atom stereocenters. The lowest BCUT2D eigenvalue weighted by atomic mass is 9.85. The summed E-state index contributed by atoms with van der Waals surface area (Å²) in [4.78, 5) is 4.08. The van der Waals surface area contributed by atoms with E-state index in [-0.39, 0.29) is 0 Å². The Bertz CT molecular complexity index is 262. The number of aromatic nitrogens is 2. The van der Waals surface area contributed by atoms with Gasteiger partial charge in [-0.25, -0.2) is 4.98 Å². The first kappa shape index (κ1) is 9.86. The van der Waals surface area contributed by atoms with Crippen molar-refractivity contribution in [2.75, 3.05) is 11.9 Å². The van der Waals surface area contributed by atoms with Gasteiger partial charge in [-0.2, -0.15) is 4.37 Å². The Kier molecular flexibility index (Phi) is 3.31. The number of nitrogens with zero attached hydrogens (tertiary/aromatic N) is 2. The second kappa shape index (κ2) is 4.70. The maximum absolute atomic E-state index is 6.05. The van der Waals surface area contributed by atoms with E-state index in [0.29, 0.717) is 12.0 Å². The normalized spacial score (nSPS) is 27.5. The van der Waals surface area contributed by atoms with E-state index in [1.165, 1.54) is 37.2 Å². The van der Waals surface area contributed by atoms with Gasteiger partial charge in [0, 0.05) is 24.1 Å². The molecule has 1 aliphatic carbocycles. The van der Waals surface area contributed by atoms with Gasteiger partial charge in [0.2, 0.25) is 5.13 Å². The Morgan fingerprint density at radius 3 is 3.07 bits per heavy atom. The van der Waals surface area contributed by atoms with Crippen LogP contribution in [-0.2, 0) is 0 Å². The molecule has 1 saturated carbocycles. The van der Waals surface area contributed by atoms with E-state index in [9.17, 15) is 0 Å². The first-order valence-corrected chi connectivity index (χ1v) is 5.90. The van der Waals surface area contributed by atoms with Crippen molar-refractivity contribution in [3.05, 3.63) is 6.33 Å². The Balaban J connectivity index is 1.79. The fraction of sp³-hybridized carbons (Fsp3) is 0.778. The molecule has 0 saturated heterocycles. The molecule has 0 spiro atoms. The molecule has 1 fully saturated rings. The van der Waals surface area contributed by atoms with Crippen LogP contribution in [0.5, 0.6) is 0 Å². The van der Waals surface area contributed by atoms with Crippen molar-refractivity contribution in [1.82, 2.24) is 9.36 Å². The fourth-order valence-electron chi connectivity index (χ4n) is 1.96. The number of nitrogens with one attached hydrogen (secondary N) is 1. The average Bonchev–Trinajstić information content (AvgIpc) is 2.69. The van der Waals surface area contributed by atoms with Gasteiger partial charge in [-0.15, -0.1) is 0 Å². The molecule has 3 N–H and O–H groups in total. The zero-order valence-corrected chi connectivity index (χ0v) is 8.96. The average molecular weight is 212 g/mol. The van der Waals surface area contributed by atoms with E-state index >= 15 is 0 Å². The van der Waals surface area contributed by atoms with Crippen molar-refractivity contribution >= 4 is 16.7 Å². The number of anilines is 1. The predicted molar refractivity (Wildman–Crippen MR) is 58.3 cm³/mol. The minimum absolute atomic E-state index is 0.365. The lowest BCUT2D eigenvalue weighted by Crippen LogP contribution is -2.37. The highest BCUT2D eigenvalue weighted by atomic mass is 32.1. The molecule has 14 heavy (non-hydrogen) atoms. The molecule has 0 radical (unpaired) electrons. The highest BCUT2D eigenvalue weighted by molar-refractivity contribution is 7.09. The van der Waals surface area contributed by atoms with E-state index in [2.05, 4.69) is 14.7 Å². The van der Waals surface area contributed by atoms with Crippen molar-refractivity contribution in [1.29, 1.82) is 0 Å². The van der Waals surface area contributed by atoms with Crippen molar-refractivity contribution in [2.45, 2.75) is 31.7 Å². The molecule has 0 amide bonds. The van der Waals surface area contributed by atoms with Gasteiger partial charge in [0.05, 0.1) is 0 Å². The quantitative estimate of drug-likeness (QED) is 0.796. The smallest absolute Gasteiger partial charge is 0.202 e. The summed E-state index contributed by atoms with van der Waals surface area (Å²) in [5.74, 6) is 0.604. The van der Waals surface area contributed by atoms with Crippen LogP contribution >= 0.6 is 11.5 Å². The topological polar surface area (TPSA) is 63.8 Å². The Morgan fingerprint density at radius 1 is 1.50 bits per heavy atom. The summed E-state index contributed by atoms with van der Waals surface area (Å²) in [5.41, 5.74) is 6.05. The van der Waals surface area contributed by atoms with E-state index in [1.807, 2.05) is 0 Å². The molecule has 1 aromatic rings. The largest absolute Gasteiger partial charge is 0.360 e. The first-order chi connectivity index (χ1) is 6.86. The molecular formula is C9H16N4S. The van der Waals surface area contributed by atoms with Gasteiger partial charge < -0.3 is 11.1 Å². The molecule has 1 heterocycles. The molecule has 4 nitrogen and oxygen atoms in total. The number of hydrogen-bond donors (Lipinski definition) is 2. The molecule has 1 aliphatic rings. The minimum Gasteiger partial charge on any atom is -0.360 e. The summed E-state index contributed by atoms with van der Waals surface area (Å²) < 4.78 is 3.94. The van der Waals surface area contributed by atoms with Gasteiger partial charge in [0.15, 0.2) is 0 Å². The number of hydrogen-bond acceptors (Lipinski definition) is 5. The summed E-state index contributed by atoms with van der Waals surface area (Å²) in [6.07, 6.45) is 6.59. The summed E-state index contributed by atoms with van der Waals surface area (Å²) in [7, 11) is 0. The predicted octanol–water partition coefficient (Wildman–Crippen LogP) is 1.47. The van der Waals surface area contributed by atoms with E-state index < -0.39 is 0 Å². The molecule has 2 rings (SSSR count). The van der Waals surface area contributed by atoms with Crippen LogP contribution in [0, 0.1) is 5.92 Å². The van der Waals surface area contributed by atoms with Crippen molar-refractivity contribution in [3.63, 3.8) is 0 Å². The fourth-order valence-corrected chi connectivity index (χ4v) is 2.40. The summed E-state index contributed by atoms with van der Waals surface area (Å²) >= 11 is 1.40. The molecule has 0 aromatic carbocycles. The summed E-state index contributed by atoms with van der Waals surface area (Å²) in [5, 5.41) is 4.20. The Morgan fingerprint density at radius 2 is 2.36 bits per heavy atom. The van der Waals surface area contributed by atoms with Gasteiger partial charge in [0.1, 0.15) is 6.33 Å². The first-order valence-electron chi connectivity index (χ1n) is 5.12. The standard InChI is InChI=1S/C9H16N4S/c10-8-4-2-1-3-7(8)5-11-9-12-6-13-14-9/h6-8H,1-5,10H2,(H,11,12,13). The Labute approximate surface area is 88.1 Å². The number of rotatable bonds is 3. The zero-order chi connectivity index (χ0) is 9.80. The molecule has 0 aliphatic heterocycles. The lowest BCUT2D eigenvalue weighted by Gasteiger charge is -2.28. The second-order valence-electron chi connectivity index (χ2n) is 3.84. The maximum Gasteiger partial charge on any atom is 0.202 e. The van der Waals surface area contributed by atoms with Gasteiger partial charge in [-0.05, 0) is 18.8 Å². The Hall–Kier alpha value is -0.680. The minimum atomic E-state index is 0.365. The molecule has 0 bridgehead atoms. The van der Waals surface area contributed by atoms with Gasteiger partial charge in [-0.3, -0.25) is 0 Å². The molecule has 5 heteroatoms. The van der Waals surface area contributed by atoms with Crippen LogP contribution in [0.4, 0.5) is 5.13 Å². The van der Waals surface area contributed by atoms with Crippen LogP contribution in [-0.4, -0.2) is 21.9 Å². The summed E-state index contributed by atoms with van der Waals surface area (Å²) in [6, 6.07) is 0.365. The third-order valence-corrected chi connectivity index (χ3v) is 3.47. The molecule has 2 unspecified atom stereocenters. The highest BCUT2D eigenvalue weighted by Crippen LogP contribution is 2.23. The zero-order valence-electron chi connectivity index (χ0n) is 8.15. The van der Waals surface area contributed by atoms with Crippen LogP contribution < -0.4 is 11.1 Å². The SMILES string of the molecule is NC1CCCCC1CNc1ncns1. The molecule has 1 aromatic heterocycles. The molecule has 78 valence electrons. The van der Waals surface area contributed by atoms with E-state index in [1.54, 1.807) is 6.33 Å². The van der Waals surface area contributed by atoms with Crippen LogP contribution in [0.2, 0.25) is 0 Å². The van der Waals surface area contributed by atoms with Crippen molar-refractivity contribution in [3.8, 4) is 0 Å². The van der Waals surface area contributed by atoms with Crippen LogP contribution in [0.15, 0.2) is 6.33 Å². The van der Waals surface area contributed by atoms with E-state index in [4.69, 9.17) is 5.73 Å². The second-order valence-corrected chi connectivity index (χ2v) is 4.62. The maximum atomic E-state index is 6.05. The van der Waals surface area contributed by atoms with Crippen LogP contribution in [0.1, 0.15) is 25.7 Å². The molecular weight excluding hydrogens is 196 g/mol. The van der Waals surface area contributed by atoms with Crippen LogP contribution in [0.25, 0.3) is 0 Å². The highest BCUT2D eigenvalue weighted by Gasteiger charge is 2.21. The third kappa shape index (κ3) is 2.42. The third-order valence-electron chi connectivity index (χ3n) is 2.84. The van der Waals surface area contributed by atoms with Gasteiger partial charge in [0.25, 0.3) is 0 Å². The lowest BCUT2D eigenvalue weighted by molar-refractivity contribution is 0.321. The van der Waals surface area contributed by atoms with Crippen molar-refractivity contribution in [2.24, 2.45) is 11.7 Å². The summed E-state index contributed by atoms with van der Waals surface area (Å²) in [6.45, 7) is 0.941. The van der Waals surface area contributed by atoms with Gasteiger partial charge >= 0.3 is 0 Å². The van der Waals surface area contributed by atoms with E-state index in [0.717, 1.165) is 11.7 Å². The van der Waals surface area contributed by atoms with Crippen LogP contribution in [0.3, 0.4) is 0 Å².